The summed E-state index contributed by atoms with van der Waals surface area (Å²) in [5, 5.41) is 3.04. The van der Waals surface area contributed by atoms with Gasteiger partial charge in [0.15, 0.2) is 0 Å². The first-order chi connectivity index (χ1) is 22.3. The maximum Gasteiger partial charge on any atom is 0.253 e. The summed E-state index contributed by atoms with van der Waals surface area (Å²) in [7, 11) is 0. The molecule has 2 aliphatic heterocycles. The van der Waals surface area contributed by atoms with Crippen molar-refractivity contribution in [1.82, 2.24) is 20.0 Å². The molecule has 2 fully saturated rings. The molecule has 3 rings (SSSR count). The highest BCUT2D eigenvalue weighted by Gasteiger charge is 2.37. The number of unbranched alkanes of at least 4 members (excludes halogenated alkanes) is 9. The lowest BCUT2D eigenvalue weighted by Gasteiger charge is -2.40. The Hall–Kier alpha value is -3.23. The van der Waals surface area contributed by atoms with E-state index in [-0.39, 0.29) is 41.9 Å². The average Bonchev–Trinajstić information content (AvgIpc) is 3.57. The van der Waals surface area contributed by atoms with Crippen molar-refractivity contribution in [2.45, 2.75) is 123 Å². The van der Waals surface area contributed by atoms with Gasteiger partial charge in [-0.05, 0) is 49.9 Å². The number of piperazine rings is 1. The van der Waals surface area contributed by atoms with Crippen molar-refractivity contribution in [2.24, 2.45) is 5.92 Å². The van der Waals surface area contributed by atoms with Crippen molar-refractivity contribution in [1.29, 1.82) is 0 Å². The highest BCUT2D eigenvalue weighted by atomic mass is 16.2. The molecule has 0 aromatic heterocycles. The lowest BCUT2D eigenvalue weighted by atomic mass is 10.00. The number of carbonyl (C=O) groups excluding carboxylic acids is 5. The molecule has 46 heavy (non-hydrogen) atoms. The molecule has 2 aliphatic rings. The number of hydrogen-bond acceptors (Lipinski definition) is 5. The quantitative estimate of drug-likeness (QED) is 0.187. The minimum Gasteiger partial charge on any atom is -0.354 e. The Bertz CT molecular complexity index is 1140. The van der Waals surface area contributed by atoms with Gasteiger partial charge < -0.3 is 20.0 Å². The third-order valence-electron chi connectivity index (χ3n) is 9.42. The van der Waals surface area contributed by atoms with E-state index in [1.165, 1.54) is 19.3 Å². The van der Waals surface area contributed by atoms with E-state index in [2.05, 4.69) is 19.2 Å². The number of rotatable bonds is 19. The molecule has 1 aromatic carbocycles. The molecular formula is C37H58N4O5. The van der Waals surface area contributed by atoms with Crippen LogP contribution in [0, 0.1) is 5.92 Å². The first-order valence-electron chi connectivity index (χ1n) is 18.1. The monoisotopic (exact) mass is 638 g/mol. The summed E-state index contributed by atoms with van der Waals surface area (Å²) in [6.07, 6.45) is 14.4. The molecule has 0 spiro atoms. The number of Topliss-reactive ketones (excluding diaryl/α,β-unsaturated/α-hetero) is 1. The van der Waals surface area contributed by atoms with Gasteiger partial charge in [0.1, 0.15) is 11.8 Å². The minimum absolute atomic E-state index is 0.0216. The zero-order valence-corrected chi connectivity index (χ0v) is 28.7. The van der Waals surface area contributed by atoms with Crippen LogP contribution in [0.3, 0.4) is 0 Å². The molecule has 1 N–H and O–H groups in total. The minimum atomic E-state index is -0.722. The van der Waals surface area contributed by atoms with Crippen molar-refractivity contribution in [3.8, 4) is 0 Å². The van der Waals surface area contributed by atoms with Crippen molar-refractivity contribution < 1.29 is 24.0 Å². The zero-order valence-electron chi connectivity index (χ0n) is 28.7. The number of nitrogens with one attached hydrogen (secondary N) is 1. The fraction of sp³-hybridized carbons (Fsp3) is 0.703. The molecule has 0 radical (unpaired) electrons. The molecular weight excluding hydrogens is 580 g/mol. The number of likely N-dealkylation sites (tertiary alicyclic amines) is 1. The molecule has 0 aliphatic carbocycles. The van der Waals surface area contributed by atoms with Crippen LogP contribution in [0.15, 0.2) is 24.3 Å². The van der Waals surface area contributed by atoms with Crippen molar-refractivity contribution >= 4 is 29.4 Å². The summed E-state index contributed by atoms with van der Waals surface area (Å²) < 4.78 is 0. The molecule has 2 saturated heterocycles. The van der Waals surface area contributed by atoms with Gasteiger partial charge in [-0.15, -0.1) is 0 Å². The van der Waals surface area contributed by atoms with E-state index in [1.807, 2.05) is 6.92 Å². The van der Waals surface area contributed by atoms with Gasteiger partial charge in [0, 0.05) is 62.6 Å². The van der Waals surface area contributed by atoms with Crippen LogP contribution in [-0.4, -0.2) is 89.4 Å². The molecule has 256 valence electrons. The van der Waals surface area contributed by atoms with Crippen LogP contribution < -0.4 is 5.32 Å². The van der Waals surface area contributed by atoms with E-state index in [0.29, 0.717) is 63.1 Å². The Morgan fingerprint density at radius 3 is 1.83 bits per heavy atom. The Morgan fingerprint density at radius 1 is 0.652 bits per heavy atom. The van der Waals surface area contributed by atoms with Crippen molar-refractivity contribution in [2.75, 3.05) is 39.3 Å². The lowest BCUT2D eigenvalue weighted by molar-refractivity contribution is -0.143. The molecule has 1 aromatic rings. The first kappa shape index (κ1) is 37.2. The number of nitrogens with zero attached hydrogens (tertiary/aromatic N) is 3. The topological polar surface area (TPSA) is 107 Å². The Kier molecular flexibility index (Phi) is 16.3. The SMILES string of the molecule is CCCCCCCCNC(=O)C1CN(C(=O)c2ccc(C(=O)N3CCC(C(=O)CCC)C3)cc2)CCN1C(=O)CCCCCCC. The number of benzene rings is 1. The third kappa shape index (κ3) is 11.2. The Labute approximate surface area is 276 Å². The maximum atomic E-state index is 13.6. The van der Waals surface area contributed by atoms with Crippen LogP contribution >= 0.6 is 0 Å². The van der Waals surface area contributed by atoms with E-state index in [9.17, 15) is 24.0 Å². The van der Waals surface area contributed by atoms with E-state index in [0.717, 1.165) is 57.8 Å². The zero-order chi connectivity index (χ0) is 33.3. The van der Waals surface area contributed by atoms with Gasteiger partial charge in [0.05, 0.1) is 6.54 Å². The summed E-state index contributed by atoms with van der Waals surface area (Å²) in [4.78, 5) is 70.7. The van der Waals surface area contributed by atoms with Crippen LogP contribution in [0.2, 0.25) is 0 Å². The number of carbonyl (C=O) groups is 5. The molecule has 9 nitrogen and oxygen atoms in total. The number of amides is 4. The Morgan fingerprint density at radius 2 is 1.22 bits per heavy atom. The summed E-state index contributed by atoms with van der Waals surface area (Å²) in [6.45, 7) is 8.72. The van der Waals surface area contributed by atoms with E-state index in [4.69, 9.17) is 0 Å². The normalized spacial score (nSPS) is 18.1. The molecule has 4 amide bonds. The second-order valence-corrected chi connectivity index (χ2v) is 13.1. The summed E-state index contributed by atoms with van der Waals surface area (Å²) in [6, 6.07) is 5.93. The number of hydrogen-bond donors (Lipinski definition) is 1. The van der Waals surface area contributed by atoms with Crippen LogP contribution in [-0.2, 0) is 14.4 Å². The first-order valence-corrected chi connectivity index (χ1v) is 18.1. The predicted molar refractivity (Wildman–Crippen MR) is 182 cm³/mol. The maximum absolute atomic E-state index is 13.6. The van der Waals surface area contributed by atoms with Gasteiger partial charge in [-0.1, -0.05) is 78.6 Å². The van der Waals surface area contributed by atoms with E-state index < -0.39 is 6.04 Å². The molecule has 0 bridgehead atoms. The van der Waals surface area contributed by atoms with Crippen LogP contribution in [0.1, 0.15) is 138 Å². The van der Waals surface area contributed by atoms with Gasteiger partial charge in [0.25, 0.3) is 11.8 Å². The summed E-state index contributed by atoms with van der Waals surface area (Å²) in [5.41, 5.74) is 0.928. The van der Waals surface area contributed by atoms with Gasteiger partial charge in [-0.3, -0.25) is 24.0 Å². The average molecular weight is 639 g/mol. The Balaban J connectivity index is 1.60. The highest BCUT2D eigenvalue weighted by molar-refractivity contribution is 5.99. The van der Waals surface area contributed by atoms with Gasteiger partial charge in [0.2, 0.25) is 11.8 Å². The van der Waals surface area contributed by atoms with E-state index in [1.54, 1.807) is 39.0 Å². The van der Waals surface area contributed by atoms with Crippen LogP contribution in [0.25, 0.3) is 0 Å². The number of ketones is 1. The van der Waals surface area contributed by atoms with E-state index >= 15 is 0 Å². The summed E-state index contributed by atoms with van der Waals surface area (Å²) >= 11 is 0. The van der Waals surface area contributed by atoms with Gasteiger partial charge >= 0.3 is 0 Å². The fourth-order valence-electron chi connectivity index (χ4n) is 6.53. The second-order valence-electron chi connectivity index (χ2n) is 13.1. The van der Waals surface area contributed by atoms with Crippen LogP contribution in [0.5, 0.6) is 0 Å². The molecule has 2 heterocycles. The molecule has 2 atom stereocenters. The third-order valence-corrected chi connectivity index (χ3v) is 9.42. The van der Waals surface area contributed by atoms with Gasteiger partial charge in [-0.25, -0.2) is 0 Å². The highest BCUT2D eigenvalue weighted by Crippen LogP contribution is 2.22. The lowest BCUT2D eigenvalue weighted by Crippen LogP contribution is -2.61. The smallest absolute Gasteiger partial charge is 0.253 e. The second kappa shape index (κ2) is 20.1. The van der Waals surface area contributed by atoms with Crippen molar-refractivity contribution in [3.63, 3.8) is 0 Å². The standard InChI is InChI=1S/C37H58N4O5/c1-4-7-9-11-13-15-23-38-35(44)32-28-40(25-26-41(32)34(43)17-14-12-10-8-5-2)37(46)30-20-18-29(19-21-30)36(45)39-24-22-31(27-39)33(42)16-6-3/h18-21,31-32H,4-17,22-28H2,1-3H3,(H,38,44). The van der Waals surface area contributed by atoms with Crippen molar-refractivity contribution in [3.05, 3.63) is 35.4 Å². The van der Waals surface area contributed by atoms with Crippen LogP contribution in [0.4, 0.5) is 0 Å². The molecule has 2 unspecified atom stereocenters. The largest absolute Gasteiger partial charge is 0.354 e. The fourth-order valence-corrected chi connectivity index (χ4v) is 6.53. The predicted octanol–water partition coefficient (Wildman–Crippen LogP) is 6.01. The molecule has 0 saturated carbocycles. The summed E-state index contributed by atoms with van der Waals surface area (Å²) in [5.74, 6) is -0.436. The van der Waals surface area contributed by atoms with Gasteiger partial charge in [-0.2, -0.15) is 0 Å². The molecule has 9 heteroatoms.